The first-order chi connectivity index (χ1) is 7.98. The van der Waals surface area contributed by atoms with E-state index in [1.807, 2.05) is 7.05 Å². The van der Waals surface area contributed by atoms with Crippen LogP contribution in [0.15, 0.2) is 29.2 Å². The Morgan fingerprint density at radius 3 is 2.41 bits per heavy atom. The van der Waals surface area contributed by atoms with Gasteiger partial charge in [-0.2, -0.15) is 0 Å². The lowest BCUT2D eigenvalue weighted by molar-refractivity contribution is 0.458. The molecule has 0 aliphatic heterocycles. The molecule has 17 heavy (non-hydrogen) atoms. The topological polar surface area (TPSA) is 49.4 Å². The van der Waals surface area contributed by atoms with E-state index in [9.17, 15) is 12.8 Å². The van der Waals surface area contributed by atoms with Crippen molar-refractivity contribution >= 4 is 10.0 Å². The summed E-state index contributed by atoms with van der Waals surface area (Å²) in [5, 5.41) is 2.95. The fraction of sp³-hybridized carbons (Fsp3) is 0.455. The van der Waals surface area contributed by atoms with Gasteiger partial charge in [-0.05, 0) is 44.3 Å². The van der Waals surface area contributed by atoms with E-state index < -0.39 is 15.8 Å². The standard InChI is InChI=1S/C11H17FN2O2S/c1-13-8-3-9-14(2)17(15,16)11-6-4-10(12)5-7-11/h4-7,13H,3,8-9H2,1-2H3. The Morgan fingerprint density at radius 1 is 1.29 bits per heavy atom. The Bertz CT molecular complexity index is 445. The van der Waals surface area contributed by atoms with Crippen LogP contribution < -0.4 is 5.32 Å². The highest BCUT2D eigenvalue weighted by molar-refractivity contribution is 7.89. The van der Waals surface area contributed by atoms with Gasteiger partial charge in [-0.3, -0.25) is 0 Å². The van der Waals surface area contributed by atoms with E-state index in [2.05, 4.69) is 5.32 Å². The molecule has 0 saturated heterocycles. The van der Waals surface area contributed by atoms with E-state index in [-0.39, 0.29) is 4.90 Å². The molecular weight excluding hydrogens is 243 g/mol. The van der Waals surface area contributed by atoms with Crippen molar-refractivity contribution in [1.29, 1.82) is 0 Å². The molecule has 0 radical (unpaired) electrons. The Labute approximate surface area is 101 Å². The van der Waals surface area contributed by atoms with Gasteiger partial charge >= 0.3 is 0 Å². The SMILES string of the molecule is CNCCCN(C)S(=O)(=O)c1ccc(F)cc1. The smallest absolute Gasteiger partial charge is 0.242 e. The number of rotatable bonds is 6. The van der Waals surface area contributed by atoms with E-state index >= 15 is 0 Å². The molecule has 1 aromatic carbocycles. The third-order valence-electron chi connectivity index (χ3n) is 2.42. The molecule has 0 spiro atoms. The first-order valence-corrected chi connectivity index (χ1v) is 6.79. The number of nitrogens with one attached hydrogen (secondary N) is 1. The first kappa shape index (κ1) is 14.1. The van der Waals surface area contributed by atoms with Crippen LogP contribution >= 0.6 is 0 Å². The third-order valence-corrected chi connectivity index (χ3v) is 4.29. The molecule has 0 atom stereocenters. The number of hydrogen-bond donors (Lipinski definition) is 1. The number of benzene rings is 1. The van der Waals surface area contributed by atoms with Gasteiger partial charge in [0.15, 0.2) is 0 Å². The molecule has 1 N–H and O–H groups in total. The van der Waals surface area contributed by atoms with Crippen LogP contribution in [0.4, 0.5) is 4.39 Å². The largest absolute Gasteiger partial charge is 0.320 e. The van der Waals surface area contributed by atoms with Crippen molar-refractivity contribution < 1.29 is 12.8 Å². The Hall–Kier alpha value is -0.980. The molecule has 96 valence electrons. The number of hydrogen-bond acceptors (Lipinski definition) is 3. The van der Waals surface area contributed by atoms with Gasteiger partial charge in [-0.1, -0.05) is 0 Å². The highest BCUT2D eigenvalue weighted by Gasteiger charge is 2.19. The minimum atomic E-state index is -3.50. The predicted octanol–water partition coefficient (Wildman–Crippen LogP) is 1.06. The zero-order valence-electron chi connectivity index (χ0n) is 9.98. The third kappa shape index (κ3) is 3.76. The van der Waals surface area contributed by atoms with E-state index in [1.165, 1.54) is 23.5 Å². The lowest BCUT2D eigenvalue weighted by Gasteiger charge is -2.16. The average Bonchev–Trinajstić information content (AvgIpc) is 2.29. The second-order valence-corrected chi connectivity index (χ2v) is 5.78. The van der Waals surface area contributed by atoms with Crippen LogP contribution in [0.25, 0.3) is 0 Å². The fourth-order valence-corrected chi connectivity index (χ4v) is 2.59. The molecule has 0 aromatic heterocycles. The van der Waals surface area contributed by atoms with Crippen molar-refractivity contribution in [3.63, 3.8) is 0 Å². The summed E-state index contributed by atoms with van der Waals surface area (Å²) in [6, 6.07) is 4.85. The van der Waals surface area contributed by atoms with Crippen LogP contribution in [0, 0.1) is 5.82 Å². The summed E-state index contributed by atoms with van der Waals surface area (Å²) >= 11 is 0. The lowest BCUT2D eigenvalue weighted by Crippen LogP contribution is -2.29. The van der Waals surface area contributed by atoms with Gasteiger partial charge in [0.05, 0.1) is 4.90 Å². The van der Waals surface area contributed by atoms with Gasteiger partial charge < -0.3 is 5.32 Å². The molecule has 0 fully saturated rings. The predicted molar refractivity (Wildman–Crippen MR) is 64.8 cm³/mol. The van der Waals surface area contributed by atoms with E-state index in [4.69, 9.17) is 0 Å². The Kier molecular flexibility index (Phi) is 5.04. The quantitative estimate of drug-likeness (QED) is 0.778. The monoisotopic (exact) mass is 260 g/mol. The van der Waals surface area contributed by atoms with E-state index in [0.717, 1.165) is 25.1 Å². The van der Waals surface area contributed by atoms with Crippen molar-refractivity contribution in [3.05, 3.63) is 30.1 Å². The molecule has 0 aliphatic rings. The maximum absolute atomic E-state index is 12.7. The van der Waals surface area contributed by atoms with Crippen LogP contribution in [0.5, 0.6) is 0 Å². The summed E-state index contributed by atoms with van der Waals surface area (Å²) in [4.78, 5) is 0.117. The van der Waals surface area contributed by atoms with Gasteiger partial charge in [-0.25, -0.2) is 17.1 Å². The molecule has 1 rings (SSSR count). The number of nitrogens with zero attached hydrogens (tertiary/aromatic N) is 1. The molecular formula is C11H17FN2O2S. The van der Waals surface area contributed by atoms with Gasteiger partial charge in [0.1, 0.15) is 5.82 Å². The van der Waals surface area contributed by atoms with Gasteiger partial charge in [0, 0.05) is 13.6 Å². The summed E-state index contributed by atoms with van der Waals surface area (Å²) in [6.45, 7) is 1.18. The van der Waals surface area contributed by atoms with Crippen LogP contribution in [-0.2, 0) is 10.0 Å². The van der Waals surface area contributed by atoms with Crippen molar-refractivity contribution in [1.82, 2.24) is 9.62 Å². The van der Waals surface area contributed by atoms with E-state index in [1.54, 1.807) is 0 Å². The maximum Gasteiger partial charge on any atom is 0.242 e. The second-order valence-electron chi connectivity index (χ2n) is 3.74. The average molecular weight is 260 g/mol. The molecule has 6 heteroatoms. The summed E-state index contributed by atoms with van der Waals surface area (Å²) < 4.78 is 38.0. The molecule has 0 aliphatic carbocycles. The summed E-state index contributed by atoms with van der Waals surface area (Å²) in [5.41, 5.74) is 0. The number of halogens is 1. The minimum Gasteiger partial charge on any atom is -0.320 e. The molecule has 0 bridgehead atoms. The number of sulfonamides is 1. The highest BCUT2D eigenvalue weighted by Crippen LogP contribution is 2.14. The van der Waals surface area contributed by atoms with Crippen LogP contribution in [0.1, 0.15) is 6.42 Å². The van der Waals surface area contributed by atoms with E-state index in [0.29, 0.717) is 6.54 Å². The maximum atomic E-state index is 12.7. The Balaban J connectivity index is 2.76. The van der Waals surface area contributed by atoms with Crippen LogP contribution in [0.3, 0.4) is 0 Å². The molecule has 0 amide bonds. The zero-order chi connectivity index (χ0) is 12.9. The minimum absolute atomic E-state index is 0.117. The zero-order valence-corrected chi connectivity index (χ0v) is 10.8. The highest BCUT2D eigenvalue weighted by atomic mass is 32.2. The van der Waals surface area contributed by atoms with Crippen molar-refractivity contribution in [3.8, 4) is 0 Å². The molecule has 0 unspecified atom stereocenters. The molecule has 0 saturated carbocycles. The second kappa shape index (κ2) is 6.09. The van der Waals surface area contributed by atoms with Gasteiger partial charge in [0.25, 0.3) is 0 Å². The Morgan fingerprint density at radius 2 is 1.88 bits per heavy atom. The molecule has 1 aromatic rings. The van der Waals surface area contributed by atoms with Crippen molar-refractivity contribution in [2.24, 2.45) is 0 Å². The summed E-state index contributed by atoms with van der Waals surface area (Å²) in [7, 11) is -0.161. The fourth-order valence-electron chi connectivity index (χ4n) is 1.39. The lowest BCUT2D eigenvalue weighted by atomic mass is 10.4. The van der Waals surface area contributed by atoms with Crippen LogP contribution in [0.2, 0.25) is 0 Å². The van der Waals surface area contributed by atoms with Crippen LogP contribution in [-0.4, -0.2) is 39.9 Å². The first-order valence-electron chi connectivity index (χ1n) is 5.35. The van der Waals surface area contributed by atoms with Gasteiger partial charge in [-0.15, -0.1) is 0 Å². The van der Waals surface area contributed by atoms with Crippen molar-refractivity contribution in [2.75, 3.05) is 27.2 Å². The summed E-state index contributed by atoms with van der Waals surface area (Å²) in [6.07, 6.45) is 0.730. The summed E-state index contributed by atoms with van der Waals surface area (Å²) in [5.74, 6) is -0.443. The van der Waals surface area contributed by atoms with Crippen molar-refractivity contribution in [2.45, 2.75) is 11.3 Å². The van der Waals surface area contributed by atoms with Gasteiger partial charge in [0.2, 0.25) is 10.0 Å². The normalized spacial score (nSPS) is 12.0. The molecule has 4 nitrogen and oxygen atoms in total. The molecule has 0 heterocycles.